The fourth-order valence-electron chi connectivity index (χ4n) is 1.61. The second-order valence-corrected chi connectivity index (χ2v) is 4.69. The number of carbonyl (C=O) groups excluding carboxylic acids is 2. The first-order valence-corrected chi connectivity index (χ1v) is 7.07. The molecule has 5 heteroatoms. The monoisotopic (exact) mass is 286 g/mol. The summed E-state index contributed by atoms with van der Waals surface area (Å²) in [5, 5.41) is 0. The minimum Gasteiger partial charge on any atom is -0.499 e. The molecule has 0 amide bonds. The zero-order chi connectivity index (χ0) is 15.6. The predicted molar refractivity (Wildman–Crippen MR) is 76.0 cm³/mol. The van der Waals surface area contributed by atoms with Crippen LogP contribution in [0.15, 0.2) is 12.3 Å². The Hall–Kier alpha value is -1.52. The molecule has 0 saturated carbocycles. The van der Waals surface area contributed by atoms with Crippen molar-refractivity contribution in [3.63, 3.8) is 0 Å². The van der Waals surface area contributed by atoms with Gasteiger partial charge in [0, 0.05) is 6.42 Å². The topological polar surface area (TPSA) is 61.8 Å². The van der Waals surface area contributed by atoms with E-state index in [1.807, 2.05) is 6.92 Å². The molecule has 5 nitrogen and oxygen atoms in total. The Kier molecular flexibility index (Phi) is 8.68. The molecule has 116 valence electrons. The van der Waals surface area contributed by atoms with E-state index in [0.717, 1.165) is 12.8 Å². The first-order valence-electron chi connectivity index (χ1n) is 7.07. The van der Waals surface area contributed by atoms with Crippen LogP contribution in [0.2, 0.25) is 0 Å². The molecular weight excluding hydrogens is 260 g/mol. The van der Waals surface area contributed by atoms with Crippen molar-refractivity contribution in [3.8, 4) is 0 Å². The molecule has 20 heavy (non-hydrogen) atoms. The van der Waals surface area contributed by atoms with Crippen molar-refractivity contribution in [2.75, 3.05) is 19.8 Å². The molecule has 0 unspecified atom stereocenters. The van der Waals surface area contributed by atoms with E-state index in [9.17, 15) is 9.59 Å². The number of hydrogen-bond donors (Lipinski definition) is 0. The molecule has 0 aromatic carbocycles. The van der Waals surface area contributed by atoms with E-state index in [0.29, 0.717) is 12.4 Å². The Balaban J connectivity index is 4.80. The fourth-order valence-corrected chi connectivity index (χ4v) is 1.61. The maximum atomic E-state index is 12.0. The van der Waals surface area contributed by atoms with Crippen LogP contribution in [-0.4, -0.2) is 31.8 Å². The van der Waals surface area contributed by atoms with E-state index in [-0.39, 0.29) is 19.6 Å². The van der Waals surface area contributed by atoms with E-state index in [4.69, 9.17) is 14.2 Å². The van der Waals surface area contributed by atoms with Crippen LogP contribution in [-0.2, 0) is 23.8 Å². The van der Waals surface area contributed by atoms with Crippen LogP contribution >= 0.6 is 0 Å². The molecule has 0 rings (SSSR count). The van der Waals surface area contributed by atoms with Gasteiger partial charge in [0.25, 0.3) is 0 Å². The standard InChI is InChI=1S/C15H26O5/c1-6-9-10-20-12(4)11-15(5,13(16)18-7-2)14(17)19-8-3/h4,6-11H2,1-3,5H3. The summed E-state index contributed by atoms with van der Waals surface area (Å²) in [5.74, 6) is -0.834. The average Bonchev–Trinajstić information content (AvgIpc) is 2.39. The summed E-state index contributed by atoms with van der Waals surface area (Å²) < 4.78 is 15.4. The van der Waals surface area contributed by atoms with Gasteiger partial charge in [0.1, 0.15) is 0 Å². The lowest BCUT2D eigenvalue weighted by Crippen LogP contribution is -2.40. The van der Waals surface area contributed by atoms with Crippen molar-refractivity contribution in [3.05, 3.63) is 12.3 Å². The van der Waals surface area contributed by atoms with Crippen LogP contribution in [0.5, 0.6) is 0 Å². The molecule has 0 spiro atoms. The van der Waals surface area contributed by atoms with Crippen LogP contribution in [0.1, 0.15) is 47.0 Å². The quantitative estimate of drug-likeness (QED) is 0.267. The summed E-state index contributed by atoms with van der Waals surface area (Å²) in [6.45, 7) is 11.6. The Morgan fingerprint density at radius 3 is 1.90 bits per heavy atom. The van der Waals surface area contributed by atoms with Crippen molar-refractivity contribution in [1.82, 2.24) is 0 Å². The van der Waals surface area contributed by atoms with E-state index in [1.165, 1.54) is 6.92 Å². The van der Waals surface area contributed by atoms with Gasteiger partial charge in [-0.3, -0.25) is 9.59 Å². The third-order valence-corrected chi connectivity index (χ3v) is 2.81. The Labute approximate surface area is 121 Å². The first-order chi connectivity index (χ1) is 9.42. The average molecular weight is 286 g/mol. The summed E-state index contributed by atoms with van der Waals surface area (Å²) in [6.07, 6.45) is 1.96. The third-order valence-electron chi connectivity index (χ3n) is 2.81. The first kappa shape index (κ1) is 18.5. The number of ether oxygens (including phenoxy) is 3. The number of rotatable bonds is 10. The van der Waals surface area contributed by atoms with Crippen LogP contribution in [0, 0.1) is 5.41 Å². The van der Waals surface area contributed by atoms with E-state index in [1.54, 1.807) is 13.8 Å². The molecular formula is C15H26O5. The molecule has 0 aliphatic carbocycles. The van der Waals surface area contributed by atoms with E-state index < -0.39 is 17.4 Å². The molecule has 0 aliphatic heterocycles. The highest BCUT2D eigenvalue weighted by molar-refractivity contribution is 5.99. The maximum Gasteiger partial charge on any atom is 0.323 e. The normalized spacial score (nSPS) is 10.8. The van der Waals surface area contributed by atoms with Crippen molar-refractivity contribution in [2.24, 2.45) is 5.41 Å². The largest absolute Gasteiger partial charge is 0.499 e. The molecule has 0 heterocycles. The van der Waals surface area contributed by atoms with Gasteiger partial charge in [-0.2, -0.15) is 0 Å². The van der Waals surface area contributed by atoms with Gasteiger partial charge in [-0.1, -0.05) is 19.9 Å². The highest BCUT2D eigenvalue weighted by atomic mass is 16.6. The van der Waals surface area contributed by atoms with Crippen molar-refractivity contribution in [2.45, 2.75) is 47.0 Å². The lowest BCUT2D eigenvalue weighted by Gasteiger charge is -2.25. The summed E-state index contributed by atoms with van der Waals surface area (Å²) in [4.78, 5) is 24.1. The summed E-state index contributed by atoms with van der Waals surface area (Å²) in [6, 6.07) is 0. The molecule has 0 fully saturated rings. The molecule has 0 aliphatic rings. The molecule has 0 atom stereocenters. The zero-order valence-electron chi connectivity index (χ0n) is 13.0. The summed E-state index contributed by atoms with van der Waals surface area (Å²) in [5.41, 5.74) is -1.41. The summed E-state index contributed by atoms with van der Waals surface area (Å²) >= 11 is 0. The van der Waals surface area contributed by atoms with Gasteiger partial charge in [-0.05, 0) is 27.2 Å². The number of hydrogen-bond acceptors (Lipinski definition) is 5. The summed E-state index contributed by atoms with van der Waals surface area (Å²) in [7, 11) is 0. The lowest BCUT2D eigenvalue weighted by molar-refractivity contribution is -0.171. The fraction of sp³-hybridized carbons (Fsp3) is 0.733. The van der Waals surface area contributed by atoms with Crippen molar-refractivity contribution < 1.29 is 23.8 Å². The number of unbranched alkanes of at least 4 members (excludes halogenated alkanes) is 1. The van der Waals surface area contributed by atoms with Gasteiger partial charge in [0.15, 0.2) is 5.41 Å². The van der Waals surface area contributed by atoms with Gasteiger partial charge in [0.2, 0.25) is 0 Å². The van der Waals surface area contributed by atoms with Crippen molar-refractivity contribution in [1.29, 1.82) is 0 Å². The van der Waals surface area contributed by atoms with Gasteiger partial charge < -0.3 is 14.2 Å². The Morgan fingerprint density at radius 1 is 1.00 bits per heavy atom. The second-order valence-electron chi connectivity index (χ2n) is 4.69. The SMILES string of the molecule is C=C(CC(C)(C(=O)OCC)C(=O)OCC)OCCCC. The van der Waals surface area contributed by atoms with Gasteiger partial charge >= 0.3 is 11.9 Å². The predicted octanol–water partition coefficient (Wildman–Crippen LogP) is 2.84. The zero-order valence-corrected chi connectivity index (χ0v) is 13.0. The molecule has 0 aromatic rings. The third kappa shape index (κ3) is 5.63. The number of allylic oxidation sites excluding steroid dienone is 1. The van der Waals surface area contributed by atoms with Crippen LogP contribution in [0.25, 0.3) is 0 Å². The maximum absolute atomic E-state index is 12.0. The number of carbonyl (C=O) groups is 2. The molecule has 0 radical (unpaired) electrons. The van der Waals surface area contributed by atoms with Gasteiger partial charge in [0.05, 0.1) is 25.6 Å². The Morgan fingerprint density at radius 2 is 1.50 bits per heavy atom. The van der Waals surface area contributed by atoms with Crippen LogP contribution in [0.3, 0.4) is 0 Å². The number of esters is 2. The van der Waals surface area contributed by atoms with Crippen molar-refractivity contribution >= 4 is 11.9 Å². The highest BCUT2D eigenvalue weighted by Crippen LogP contribution is 2.29. The lowest BCUT2D eigenvalue weighted by atomic mass is 9.86. The smallest absolute Gasteiger partial charge is 0.323 e. The minimum absolute atomic E-state index is 0.0639. The van der Waals surface area contributed by atoms with Gasteiger partial charge in [-0.15, -0.1) is 0 Å². The Bertz CT molecular complexity index is 317. The molecule has 0 saturated heterocycles. The molecule has 0 N–H and O–H groups in total. The second kappa shape index (κ2) is 9.39. The highest BCUT2D eigenvalue weighted by Gasteiger charge is 2.45. The van der Waals surface area contributed by atoms with E-state index in [2.05, 4.69) is 6.58 Å². The molecule has 0 aromatic heterocycles. The van der Waals surface area contributed by atoms with Crippen LogP contribution < -0.4 is 0 Å². The molecule has 0 bridgehead atoms. The van der Waals surface area contributed by atoms with E-state index >= 15 is 0 Å². The van der Waals surface area contributed by atoms with Gasteiger partial charge in [-0.25, -0.2) is 0 Å². The van der Waals surface area contributed by atoms with Crippen LogP contribution in [0.4, 0.5) is 0 Å². The minimum atomic E-state index is -1.41.